The second kappa shape index (κ2) is 8.00. The van der Waals surface area contributed by atoms with Crippen LogP contribution < -0.4 is 10.1 Å². The number of aliphatic hydroxyl groups is 1. The van der Waals surface area contributed by atoms with E-state index < -0.39 is 6.10 Å². The standard InChI is InChI=1S/C16H17N3O2/c17-8-13-3-5-16(6-4-13)21-12-15(20)11-19-10-14-2-1-7-18-9-14/h1-7,9,15,19-20H,10-12H2. The largest absolute Gasteiger partial charge is 0.491 e. The summed E-state index contributed by atoms with van der Waals surface area (Å²) in [5.74, 6) is 0.639. The van der Waals surface area contributed by atoms with Gasteiger partial charge in [0.1, 0.15) is 18.5 Å². The number of hydrogen-bond acceptors (Lipinski definition) is 5. The second-order valence-electron chi connectivity index (χ2n) is 4.59. The molecule has 2 aromatic rings. The quantitative estimate of drug-likeness (QED) is 0.805. The van der Waals surface area contributed by atoms with Crippen molar-refractivity contribution in [2.24, 2.45) is 0 Å². The Kier molecular flexibility index (Phi) is 5.71. The Labute approximate surface area is 123 Å². The van der Waals surface area contributed by atoms with Crippen LogP contribution in [0.3, 0.4) is 0 Å². The molecule has 0 radical (unpaired) electrons. The molecule has 108 valence electrons. The zero-order valence-corrected chi connectivity index (χ0v) is 11.6. The Morgan fingerprint density at radius 1 is 1.29 bits per heavy atom. The van der Waals surface area contributed by atoms with E-state index in [4.69, 9.17) is 10.00 Å². The van der Waals surface area contributed by atoms with E-state index >= 15 is 0 Å². The van der Waals surface area contributed by atoms with E-state index in [1.54, 1.807) is 36.7 Å². The lowest BCUT2D eigenvalue weighted by molar-refractivity contribution is 0.106. The fourth-order valence-corrected chi connectivity index (χ4v) is 1.76. The zero-order valence-electron chi connectivity index (χ0n) is 11.6. The molecule has 0 saturated heterocycles. The van der Waals surface area contributed by atoms with Gasteiger partial charge >= 0.3 is 0 Å². The number of aromatic nitrogens is 1. The average molecular weight is 283 g/mol. The molecule has 1 aromatic heterocycles. The number of hydrogen-bond donors (Lipinski definition) is 2. The van der Waals surface area contributed by atoms with Gasteiger partial charge in [0.05, 0.1) is 11.6 Å². The fraction of sp³-hybridized carbons (Fsp3) is 0.250. The van der Waals surface area contributed by atoms with Gasteiger partial charge in [-0.25, -0.2) is 0 Å². The van der Waals surface area contributed by atoms with Gasteiger partial charge in [0.2, 0.25) is 0 Å². The molecule has 2 N–H and O–H groups in total. The molecule has 0 bridgehead atoms. The first-order valence-corrected chi connectivity index (χ1v) is 6.68. The zero-order chi connectivity index (χ0) is 14.9. The summed E-state index contributed by atoms with van der Waals surface area (Å²) < 4.78 is 5.46. The van der Waals surface area contributed by atoms with Crippen LogP contribution in [0, 0.1) is 11.3 Å². The molecule has 0 aliphatic carbocycles. The number of rotatable bonds is 7. The van der Waals surface area contributed by atoms with Gasteiger partial charge in [0, 0.05) is 25.5 Å². The summed E-state index contributed by atoms with van der Waals surface area (Å²) in [6, 6.07) is 12.7. The van der Waals surface area contributed by atoms with E-state index in [9.17, 15) is 5.11 Å². The van der Waals surface area contributed by atoms with Crippen LogP contribution in [0.2, 0.25) is 0 Å². The molecule has 1 aromatic carbocycles. The molecule has 0 aliphatic rings. The number of nitriles is 1. The van der Waals surface area contributed by atoms with Crippen molar-refractivity contribution in [3.8, 4) is 11.8 Å². The van der Waals surface area contributed by atoms with Gasteiger partial charge in [0.15, 0.2) is 0 Å². The molecule has 0 spiro atoms. The molecule has 5 heteroatoms. The van der Waals surface area contributed by atoms with Gasteiger partial charge in [-0.15, -0.1) is 0 Å². The maximum Gasteiger partial charge on any atom is 0.119 e. The third-order valence-electron chi connectivity index (χ3n) is 2.86. The summed E-state index contributed by atoms with van der Waals surface area (Å²) in [6.45, 7) is 1.29. The third kappa shape index (κ3) is 5.22. The fourth-order valence-electron chi connectivity index (χ4n) is 1.76. The summed E-state index contributed by atoms with van der Waals surface area (Å²) in [4.78, 5) is 4.02. The topological polar surface area (TPSA) is 78.2 Å². The highest BCUT2D eigenvalue weighted by Crippen LogP contribution is 2.11. The monoisotopic (exact) mass is 283 g/mol. The van der Waals surface area contributed by atoms with Crippen molar-refractivity contribution < 1.29 is 9.84 Å². The minimum atomic E-state index is -0.600. The predicted octanol–water partition coefficient (Wildman–Crippen LogP) is 1.48. The van der Waals surface area contributed by atoms with Crippen LogP contribution in [0.25, 0.3) is 0 Å². The molecule has 0 amide bonds. The molecule has 5 nitrogen and oxygen atoms in total. The van der Waals surface area contributed by atoms with E-state index in [0.717, 1.165) is 5.56 Å². The Morgan fingerprint density at radius 2 is 2.10 bits per heavy atom. The van der Waals surface area contributed by atoms with E-state index in [0.29, 0.717) is 24.4 Å². The normalized spacial score (nSPS) is 11.6. The van der Waals surface area contributed by atoms with Crippen molar-refractivity contribution in [1.82, 2.24) is 10.3 Å². The second-order valence-corrected chi connectivity index (χ2v) is 4.59. The van der Waals surface area contributed by atoms with Gasteiger partial charge < -0.3 is 15.2 Å². The van der Waals surface area contributed by atoms with E-state index in [2.05, 4.69) is 10.3 Å². The maximum absolute atomic E-state index is 9.83. The number of nitrogens with zero attached hydrogens (tertiary/aromatic N) is 2. The molecule has 0 aliphatic heterocycles. The number of pyridine rings is 1. The highest BCUT2D eigenvalue weighted by molar-refractivity contribution is 5.34. The smallest absolute Gasteiger partial charge is 0.119 e. The summed E-state index contributed by atoms with van der Waals surface area (Å²) in [7, 11) is 0. The van der Waals surface area contributed by atoms with Crippen molar-refractivity contribution in [3.63, 3.8) is 0 Å². The van der Waals surface area contributed by atoms with E-state index in [-0.39, 0.29) is 6.61 Å². The Bertz CT molecular complexity index is 579. The number of ether oxygens (including phenoxy) is 1. The first-order chi connectivity index (χ1) is 10.3. The van der Waals surface area contributed by atoms with Crippen molar-refractivity contribution in [2.45, 2.75) is 12.6 Å². The predicted molar refractivity (Wildman–Crippen MR) is 78.6 cm³/mol. The molecule has 1 unspecified atom stereocenters. The van der Waals surface area contributed by atoms with Crippen molar-refractivity contribution in [3.05, 3.63) is 59.9 Å². The lowest BCUT2D eigenvalue weighted by Gasteiger charge is -2.13. The first-order valence-electron chi connectivity index (χ1n) is 6.68. The summed E-state index contributed by atoms with van der Waals surface area (Å²) in [5.41, 5.74) is 1.65. The van der Waals surface area contributed by atoms with Gasteiger partial charge in [-0.2, -0.15) is 5.26 Å². The SMILES string of the molecule is N#Cc1ccc(OCC(O)CNCc2cccnc2)cc1. The van der Waals surface area contributed by atoms with Gasteiger partial charge in [-0.3, -0.25) is 4.98 Å². The lowest BCUT2D eigenvalue weighted by Crippen LogP contribution is -2.31. The maximum atomic E-state index is 9.83. The Morgan fingerprint density at radius 3 is 2.76 bits per heavy atom. The summed E-state index contributed by atoms with van der Waals surface area (Å²) >= 11 is 0. The van der Waals surface area contributed by atoms with Crippen LogP contribution in [0.1, 0.15) is 11.1 Å². The summed E-state index contributed by atoms with van der Waals surface area (Å²) in [5, 5.41) is 21.7. The van der Waals surface area contributed by atoms with E-state index in [1.165, 1.54) is 0 Å². The Balaban J connectivity index is 1.67. The van der Waals surface area contributed by atoms with Crippen LogP contribution in [0.5, 0.6) is 5.75 Å². The van der Waals surface area contributed by atoms with Crippen LogP contribution in [-0.2, 0) is 6.54 Å². The molecule has 1 atom stereocenters. The third-order valence-corrected chi connectivity index (χ3v) is 2.86. The van der Waals surface area contributed by atoms with Crippen molar-refractivity contribution in [1.29, 1.82) is 5.26 Å². The van der Waals surface area contributed by atoms with Crippen LogP contribution in [0.4, 0.5) is 0 Å². The molecular formula is C16H17N3O2. The minimum Gasteiger partial charge on any atom is -0.491 e. The van der Waals surface area contributed by atoms with E-state index in [1.807, 2.05) is 18.2 Å². The molecule has 0 fully saturated rings. The van der Waals surface area contributed by atoms with Crippen LogP contribution in [-0.4, -0.2) is 29.3 Å². The van der Waals surface area contributed by atoms with Gasteiger partial charge in [0.25, 0.3) is 0 Å². The van der Waals surface area contributed by atoms with Crippen LogP contribution in [0.15, 0.2) is 48.8 Å². The minimum absolute atomic E-state index is 0.200. The number of aliphatic hydroxyl groups excluding tert-OH is 1. The average Bonchev–Trinajstić information content (AvgIpc) is 2.54. The number of nitrogens with one attached hydrogen (secondary N) is 1. The number of benzene rings is 1. The Hall–Kier alpha value is -2.42. The first kappa shape index (κ1) is 15.0. The van der Waals surface area contributed by atoms with Crippen molar-refractivity contribution >= 4 is 0 Å². The van der Waals surface area contributed by atoms with Crippen molar-refractivity contribution in [2.75, 3.05) is 13.2 Å². The molecule has 2 rings (SSSR count). The molecular weight excluding hydrogens is 266 g/mol. The summed E-state index contributed by atoms with van der Waals surface area (Å²) in [6.07, 6.45) is 2.91. The molecule has 1 heterocycles. The highest BCUT2D eigenvalue weighted by atomic mass is 16.5. The van der Waals surface area contributed by atoms with Gasteiger partial charge in [-0.1, -0.05) is 6.07 Å². The highest BCUT2D eigenvalue weighted by Gasteiger charge is 2.05. The molecule has 21 heavy (non-hydrogen) atoms. The van der Waals surface area contributed by atoms with Gasteiger partial charge in [-0.05, 0) is 35.9 Å². The lowest BCUT2D eigenvalue weighted by atomic mass is 10.2. The van der Waals surface area contributed by atoms with Crippen LogP contribution >= 0.6 is 0 Å². The molecule has 0 saturated carbocycles.